The molecule has 0 aliphatic carbocycles. The third-order valence-electron chi connectivity index (χ3n) is 5.26. The molecule has 0 radical (unpaired) electrons. The average Bonchev–Trinajstić information content (AvgIpc) is 2.72. The maximum atomic E-state index is 10.3. The van der Waals surface area contributed by atoms with Gasteiger partial charge in [-0.1, -0.05) is 24.3 Å². The van der Waals surface area contributed by atoms with Gasteiger partial charge in [0, 0.05) is 38.1 Å². The summed E-state index contributed by atoms with van der Waals surface area (Å²) in [6.45, 7) is 6.39. The van der Waals surface area contributed by atoms with E-state index >= 15 is 0 Å². The fourth-order valence-electron chi connectivity index (χ4n) is 3.64. The highest BCUT2D eigenvalue weighted by molar-refractivity contribution is 5.91. The van der Waals surface area contributed by atoms with Gasteiger partial charge in [-0.3, -0.25) is 4.90 Å². The van der Waals surface area contributed by atoms with Crippen LogP contribution in [0.25, 0.3) is 22.3 Å². The number of aliphatic hydroxyl groups is 1. The number of phenolic OH excluding ortho intramolecular Hbond substituents is 1. The van der Waals surface area contributed by atoms with E-state index in [9.17, 15) is 10.2 Å². The molecule has 1 aromatic heterocycles. The van der Waals surface area contributed by atoms with Gasteiger partial charge in [0.15, 0.2) is 5.82 Å². The Balaban J connectivity index is 1.64. The summed E-state index contributed by atoms with van der Waals surface area (Å²) in [6.07, 6.45) is 0.540. The van der Waals surface area contributed by atoms with Crippen LogP contribution in [0.2, 0.25) is 0 Å². The van der Waals surface area contributed by atoms with Gasteiger partial charge in [0.2, 0.25) is 0 Å². The van der Waals surface area contributed by atoms with Gasteiger partial charge in [0.1, 0.15) is 11.6 Å². The normalized spacial score (nSPS) is 16.4. The highest BCUT2D eigenvalue weighted by Crippen LogP contribution is 2.31. The van der Waals surface area contributed by atoms with Crippen molar-refractivity contribution in [2.75, 3.05) is 37.6 Å². The molecule has 1 aliphatic rings. The van der Waals surface area contributed by atoms with Crippen molar-refractivity contribution in [2.24, 2.45) is 0 Å². The van der Waals surface area contributed by atoms with Crippen molar-refractivity contribution in [1.82, 2.24) is 14.9 Å². The summed E-state index contributed by atoms with van der Waals surface area (Å²) in [5.41, 5.74) is 1.52. The SMILES string of the molecule is C[C@@H](O)CCN1CCN(c2nc(-c3ccccc3O)nc3ccccc23)CC1. The molecule has 0 bridgehead atoms. The number of aromatic nitrogens is 2. The average molecular weight is 378 g/mol. The summed E-state index contributed by atoms with van der Waals surface area (Å²) in [7, 11) is 0. The first kappa shape index (κ1) is 18.7. The van der Waals surface area contributed by atoms with Crippen LogP contribution in [0.5, 0.6) is 5.75 Å². The summed E-state index contributed by atoms with van der Waals surface area (Å²) in [5.74, 6) is 1.65. The van der Waals surface area contributed by atoms with Crippen LogP contribution < -0.4 is 4.90 Å². The summed E-state index contributed by atoms with van der Waals surface area (Å²) >= 11 is 0. The topological polar surface area (TPSA) is 72.7 Å². The molecule has 1 atom stereocenters. The lowest BCUT2D eigenvalue weighted by atomic mass is 10.1. The fourth-order valence-corrected chi connectivity index (χ4v) is 3.64. The standard InChI is InChI=1S/C22H26N4O2/c1-16(27)10-11-25-12-14-26(15-13-25)22-17-6-2-4-8-19(17)23-21(24-22)18-7-3-5-9-20(18)28/h2-9,16,27-28H,10-15H2,1H3/t16-/m1/s1. The minimum Gasteiger partial charge on any atom is -0.507 e. The number of hydrogen-bond acceptors (Lipinski definition) is 6. The van der Waals surface area contributed by atoms with Gasteiger partial charge in [-0.05, 0) is 37.6 Å². The van der Waals surface area contributed by atoms with E-state index in [0.717, 1.165) is 55.9 Å². The molecular formula is C22H26N4O2. The molecule has 1 saturated heterocycles. The van der Waals surface area contributed by atoms with Gasteiger partial charge in [0.05, 0.1) is 17.2 Å². The largest absolute Gasteiger partial charge is 0.507 e. The molecule has 6 nitrogen and oxygen atoms in total. The monoisotopic (exact) mass is 378 g/mol. The Morgan fingerprint density at radius 2 is 1.68 bits per heavy atom. The number of anilines is 1. The van der Waals surface area contributed by atoms with Crippen LogP contribution in [0.4, 0.5) is 5.82 Å². The van der Waals surface area contributed by atoms with Crippen molar-refractivity contribution < 1.29 is 10.2 Å². The number of rotatable bonds is 5. The third kappa shape index (κ3) is 3.93. The molecule has 0 unspecified atom stereocenters. The Labute approximate surface area is 165 Å². The predicted octanol–water partition coefficient (Wildman–Crippen LogP) is 2.90. The van der Waals surface area contributed by atoms with Gasteiger partial charge in [-0.15, -0.1) is 0 Å². The molecule has 28 heavy (non-hydrogen) atoms. The minimum atomic E-state index is -0.259. The smallest absolute Gasteiger partial charge is 0.165 e. The lowest BCUT2D eigenvalue weighted by molar-refractivity contribution is 0.153. The number of phenols is 1. The van der Waals surface area contributed by atoms with Gasteiger partial charge in [-0.2, -0.15) is 0 Å². The second-order valence-corrected chi connectivity index (χ2v) is 7.37. The molecule has 2 heterocycles. The first-order chi connectivity index (χ1) is 13.6. The van der Waals surface area contributed by atoms with Crippen molar-refractivity contribution in [3.63, 3.8) is 0 Å². The molecule has 1 fully saturated rings. The second kappa shape index (κ2) is 8.12. The first-order valence-electron chi connectivity index (χ1n) is 9.82. The summed E-state index contributed by atoms with van der Waals surface area (Å²) in [5, 5.41) is 20.8. The molecular weight excluding hydrogens is 352 g/mol. The van der Waals surface area contributed by atoms with Gasteiger partial charge in [0.25, 0.3) is 0 Å². The first-order valence-corrected chi connectivity index (χ1v) is 9.82. The molecule has 6 heteroatoms. The van der Waals surface area contributed by atoms with E-state index in [1.54, 1.807) is 12.1 Å². The second-order valence-electron chi connectivity index (χ2n) is 7.37. The molecule has 3 aromatic rings. The number of para-hydroxylation sites is 2. The van der Waals surface area contributed by atoms with Crippen LogP contribution in [-0.4, -0.2) is 63.9 Å². The molecule has 0 spiro atoms. The van der Waals surface area contributed by atoms with E-state index in [0.29, 0.717) is 11.4 Å². The highest BCUT2D eigenvalue weighted by atomic mass is 16.3. The third-order valence-corrected chi connectivity index (χ3v) is 5.26. The van der Waals surface area contributed by atoms with E-state index in [1.807, 2.05) is 37.3 Å². The molecule has 0 amide bonds. The number of fused-ring (bicyclic) bond motifs is 1. The van der Waals surface area contributed by atoms with Crippen LogP contribution in [0, 0.1) is 0 Å². The highest BCUT2D eigenvalue weighted by Gasteiger charge is 2.21. The van der Waals surface area contributed by atoms with Crippen molar-refractivity contribution >= 4 is 16.7 Å². The quantitative estimate of drug-likeness (QED) is 0.711. The Bertz CT molecular complexity index is 952. The Morgan fingerprint density at radius 3 is 2.43 bits per heavy atom. The maximum Gasteiger partial charge on any atom is 0.165 e. The number of piperazine rings is 1. The Hall–Kier alpha value is -2.70. The molecule has 2 N–H and O–H groups in total. The van der Waals surface area contributed by atoms with E-state index in [1.165, 1.54) is 0 Å². The van der Waals surface area contributed by atoms with E-state index in [-0.39, 0.29) is 11.9 Å². The molecule has 4 rings (SSSR count). The van der Waals surface area contributed by atoms with Gasteiger partial charge >= 0.3 is 0 Å². The van der Waals surface area contributed by atoms with E-state index in [2.05, 4.69) is 20.9 Å². The molecule has 146 valence electrons. The minimum absolute atomic E-state index is 0.187. The number of hydrogen-bond donors (Lipinski definition) is 2. The Kier molecular flexibility index (Phi) is 5.41. The summed E-state index contributed by atoms with van der Waals surface area (Å²) in [4.78, 5) is 14.2. The van der Waals surface area contributed by atoms with Crippen LogP contribution >= 0.6 is 0 Å². The zero-order valence-corrected chi connectivity index (χ0v) is 16.1. The zero-order chi connectivity index (χ0) is 19.5. The molecule has 0 saturated carbocycles. The number of aromatic hydroxyl groups is 1. The molecule has 2 aromatic carbocycles. The van der Waals surface area contributed by atoms with Crippen LogP contribution in [0.1, 0.15) is 13.3 Å². The molecule has 1 aliphatic heterocycles. The lowest BCUT2D eigenvalue weighted by Crippen LogP contribution is -2.47. The predicted molar refractivity (Wildman–Crippen MR) is 112 cm³/mol. The van der Waals surface area contributed by atoms with Crippen molar-refractivity contribution in [3.8, 4) is 17.1 Å². The fraction of sp³-hybridized carbons (Fsp3) is 0.364. The van der Waals surface area contributed by atoms with Crippen molar-refractivity contribution in [1.29, 1.82) is 0 Å². The maximum absolute atomic E-state index is 10.3. The summed E-state index contributed by atoms with van der Waals surface area (Å²) < 4.78 is 0. The number of nitrogens with zero attached hydrogens (tertiary/aromatic N) is 4. The van der Waals surface area contributed by atoms with Gasteiger partial charge < -0.3 is 15.1 Å². The van der Waals surface area contributed by atoms with Gasteiger partial charge in [-0.25, -0.2) is 9.97 Å². The summed E-state index contributed by atoms with van der Waals surface area (Å²) in [6, 6.07) is 15.2. The zero-order valence-electron chi connectivity index (χ0n) is 16.1. The van der Waals surface area contributed by atoms with Crippen molar-refractivity contribution in [3.05, 3.63) is 48.5 Å². The van der Waals surface area contributed by atoms with Crippen LogP contribution in [0.3, 0.4) is 0 Å². The number of aliphatic hydroxyl groups excluding tert-OH is 1. The van der Waals surface area contributed by atoms with Crippen LogP contribution in [-0.2, 0) is 0 Å². The van der Waals surface area contributed by atoms with Crippen molar-refractivity contribution in [2.45, 2.75) is 19.4 Å². The van der Waals surface area contributed by atoms with E-state index in [4.69, 9.17) is 4.98 Å². The van der Waals surface area contributed by atoms with E-state index < -0.39 is 0 Å². The lowest BCUT2D eigenvalue weighted by Gasteiger charge is -2.36. The number of benzene rings is 2. The van der Waals surface area contributed by atoms with Crippen LogP contribution in [0.15, 0.2) is 48.5 Å². The Morgan fingerprint density at radius 1 is 0.964 bits per heavy atom.